The van der Waals surface area contributed by atoms with E-state index in [1.165, 1.54) is 12.2 Å². The molecule has 0 fully saturated rings. The molecule has 0 unspecified atom stereocenters. The lowest BCUT2D eigenvalue weighted by atomic mass is 10.2. The molecule has 0 spiro atoms. The number of amides is 2. The highest BCUT2D eigenvalue weighted by molar-refractivity contribution is 6.30. The first-order valence-electron chi connectivity index (χ1n) is 7.16. The summed E-state index contributed by atoms with van der Waals surface area (Å²) in [4.78, 5) is 23.2. The lowest BCUT2D eigenvalue weighted by Crippen LogP contribution is -2.43. The third-order valence-electron chi connectivity index (χ3n) is 2.98. The summed E-state index contributed by atoms with van der Waals surface area (Å²) in [6, 6.07) is 8.61. The van der Waals surface area contributed by atoms with Gasteiger partial charge in [0.1, 0.15) is 17.3 Å². The molecular weight excluding hydrogens is 332 g/mol. The molecule has 0 aliphatic carbocycles. The summed E-state index contributed by atoms with van der Waals surface area (Å²) in [7, 11) is 0. The van der Waals surface area contributed by atoms with Gasteiger partial charge in [0.05, 0.1) is 0 Å². The van der Waals surface area contributed by atoms with Crippen molar-refractivity contribution in [3.8, 4) is 5.75 Å². The molecule has 0 aliphatic rings. The van der Waals surface area contributed by atoms with Gasteiger partial charge in [0.25, 0.3) is 11.8 Å². The third kappa shape index (κ3) is 5.48. The molecule has 2 amide bonds. The minimum absolute atomic E-state index is 0.232. The molecule has 0 aliphatic heterocycles. The summed E-state index contributed by atoms with van der Waals surface area (Å²) in [6.45, 7) is 3.39. The lowest BCUT2D eigenvalue weighted by molar-refractivity contribution is -0.128. The highest BCUT2D eigenvalue weighted by atomic mass is 35.5. The molecule has 0 saturated heterocycles. The fourth-order valence-electron chi connectivity index (χ4n) is 1.83. The number of hydrogen-bond donors (Lipinski definition) is 2. The molecule has 0 radical (unpaired) electrons. The van der Waals surface area contributed by atoms with Crippen LogP contribution in [0.4, 0.5) is 0 Å². The van der Waals surface area contributed by atoms with Gasteiger partial charge in [-0.25, -0.2) is 0 Å². The Hall–Kier alpha value is -2.73. The highest BCUT2D eigenvalue weighted by Gasteiger charge is 2.06. The Labute approximate surface area is 144 Å². The van der Waals surface area contributed by atoms with Gasteiger partial charge in [0.15, 0.2) is 6.61 Å². The van der Waals surface area contributed by atoms with Gasteiger partial charge in [-0.1, -0.05) is 11.6 Å². The van der Waals surface area contributed by atoms with Crippen LogP contribution < -0.4 is 15.6 Å². The van der Waals surface area contributed by atoms with Crippen molar-refractivity contribution in [1.29, 1.82) is 0 Å². The number of aryl methyl sites for hydroxylation is 2. The summed E-state index contributed by atoms with van der Waals surface area (Å²) in [5.41, 5.74) is 5.32. The number of carbonyl (C=O) groups is 2. The molecule has 0 atom stereocenters. The van der Waals surface area contributed by atoms with Crippen LogP contribution in [-0.4, -0.2) is 18.4 Å². The van der Waals surface area contributed by atoms with E-state index in [2.05, 4.69) is 10.9 Å². The normalized spacial score (nSPS) is 10.6. The number of furan rings is 1. The van der Waals surface area contributed by atoms with Crippen LogP contribution in [0.2, 0.25) is 5.02 Å². The first-order valence-corrected chi connectivity index (χ1v) is 7.54. The maximum absolute atomic E-state index is 11.7. The van der Waals surface area contributed by atoms with E-state index >= 15 is 0 Å². The topological polar surface area (TPSA) is 80.6 Å². The minimum atomic E-state index is -0.486. The fourth-order valence-corrected chi connectivity index (χ4v) is 2.05. The monoisotopic (exact) mass is 348 g/mol. The Bertz CT molecular complexity index is 768. The highest BCUT2D eigenvalue weighted by Crippen LogP contribution is 2.21. The number of rotatable bonds is 5. The summed E-state index contributed by atoms with van der Waals surface area (Å²) in [6.07, 6.45) is 2.75. The van der Waals surface area contributed by atoms with E-state index in [1.54, 1.807) is 37.3 Å². The molecule has 7 heteroatoms. The molecule has 6 nitrogen and oxygen atoms in total. The van der Waals surface area contributed by atoms with E-state index in [1.807, 2.05) is 6.92 Å². The molecule has 2 rings (SSSR count). The number of benzene rings is 1. The van der Waals surface area contributed by atoms with E-state index in [-0.39, 0.29) is 6.61 Å². The van der Waals surface area contributed by atoms with Gasteiger partial charge in [-0.3, -0.25) is 20.4 Å². The van der Waals surface area contributed by atoms with Crippen LogP contribution in [0.5, 0.6) is 5.75 Å². The van der Waals surface area contributed by atoms with E-state index in [0.717, 1.165) is 11.3 Å². The second kappa shape index (κ2) is 8.21. The van der Waals surface area contributed by atoms with Gasteiger partial charge in [-0.05, 0) is 55.8 Å². The standard InChI is InChI=1S/C17H17ClN2O4/c1-11-9-13(18)4-7-15(11)23-10-17(22)20-19-16(21)8-6-14-5-3-12(2)24-14/h3-9H,10H2,1-2H3,(H,19,21)(H,20,22). The van der Waals surface area contributed by atoms with Crippen LogP contribution in [0.15, 0.2) is 40.8 Å². The lowest BCUT2D eigenvalue weighted by Gasteiger charge is -2.09. The molecule has 1 aromatic heterocycles. The predicted molar refractivity (Wildman–Crippen MR) is 90.4 cm³/mol. The quantitative estimate of drug-likeness (QED) is 0.643. The molecule has 2 N–H and O–H groups in total. The van der Waals surface area contributed by atoms with Crippen LogP contribution in [0.1, 0.15) is 17.1 Å². The Morgan fingerprint density at radius 3 is 2.67 bits per heavy atom. The smallest absolute Gasteiger partial charge is 0.276 e. The number of halogens is 1. The van der Waals surface area contributed by atoms with Crippen molar-refractivity contribution in [2.45, 2.75) is 13.8 Å². The number of ether oxygens (including phenoxy) is 1. The Morgan fingerprint density at radius 2 is 2.00 bits per heavy atom. The average molecular weight is 349 g/mol. The van der Waals surface area contributed by atoms with Crippen LogP contribution in [0.3, 0.4) is 0 Å². The zero-order valence-corrected chi connectivity index (χ0v) is 14.0. The first kappa shape index (κ1) is 17.6. The maximum atomic E-state index is 11.7. The molecule has 0 bridgehead atoms. The van der Waals surface area contributed by atoms with Crippen molar-refractivity contribution >= 4 is 29.5 Å². The molecule has 126 valence electrons. The maximum Gasteiger partial charge on any atom is 0.276 e. The van der Waals surface area contributed by atoms with Crippen molar-refractivity contribution < 1.29 is 18.7 Å². The molecule has 1 aromatic carbocycles. The summed E-state index contributed by atoms with van der Waals surface area (Å²) >= 11 is 5.84. The molecule has 1 heterocycles. The molecular formula is C17H17ClN2O4. The van der Waals surface area contributed by atoms with Crippen molar-refractivity contribution in [1.82, 2.24) is 10.9 Å². The predicted octanol–water partition coefficient (Wildman–Crippen LogP) is 2.79. The molecule has 0 saturated carbocycles. The van der Waals surface area contributed by atoms with Crippen molar-refractivity contribution in [2.24, 2.45) is 0 Å². The Balaban J connectivity index is 1.74. The molecule has 2 aromatic rings. The van der Waals surface area contributed by atoms with Crippen LogP contribution >= 0.6 is 11.6 Å². The second-order valence-corrected chi connectivity index (χ2v) is 5.45. The van der Waals surface area contributed by atoms with E-state index in [4.69, 9.17) is 20.8 Å². The first-order chi connectivity index (χ1) is 11.4. The number of carbonyl (C=O) groups excluding carboxylic acids is 2. The van der Waals surface area contributed by atoms with E-state index in [9.17, 15) is 9.59 Å². The van der Waals surface area contributed by atoms with Crippen molar-refractivity contribution in [3.63, 3.8) is 0 Å². The molecule has 24 heavy (non-hydrogen) atoms. The Morgan fingerprint density at radius 1 is 1.21 bits per heavy atom. The number of hydrazine groups is 1. The number of hydrogen-bond acceptors (Lipinski definition) is 4. The zero-order valence-electron chi connectivity index (χ0n) is 13.3. The minimum Gasteiger partial charge on any atom is -0.483 e. The van der Waals surface area contributed by atoms with Gasteiger partial charge < -0.3 is 9.15 Å². The van der Waals surface area contributed by atoms with Crippen molar-refractivity contribution in [3.05, 3.63) is 58.5 Å². The third-order valence-corrected chi connectivity index (χ3v) is 3.22. The van der Waals surface area contributed by atoms with Gasteiger partial charge in [0.2, 0.25) is 0 Å². The van der Waals surface area contributed by atoms with Gasteiger partial charge in [-0.2, -0.15) is 0 Å². The van der Waals surface area contributed by atoms with Crippen LogP contribution in [-0.2, 0) is 9.59 Å². The summed E-state index contributed by atoms with van der Waals surface area (Å²) in [5.74, 6) is 0.877. The van der Waals surface area contributed by atoms with Crippen LogP contribution in [0.25, 0.3) is 6.08 Å². The van der Waals surface area contributed by atoms with E-state index < -0.39 is 11.8 Å². The summed E-state index contributed by atoms with van der Waals surface area (Å²) < 4.78 is 10.6. The number of nitrogens with one attached hydrogen (secondary N) is 2. The van der Waals surface area contributed by atoms with Crippen molar-refractivity contribution in [2.75, 3.05) is 6.61 Å². The zero-order chi connectivity index (χ0) is 17.5. The van der Waals surface area contributed by atoms with Gasteiger partial charge >= 0.3 is 0 Å². The second-order valence-electron chi connectivity index (χ2n) is 5.02. The SMILES string of the molecule is Cc1ccc(C=CC(=O)NNC(=O)COc2ccc(Cl)cc2C)o1. The van der Waals surface area contributed by atoms with E-state index in [0.29, 0.717) is 16.5 Å². The average Bonchev–Trinajstić information content (AvgIpc) is 2.95. The summed E-state index contributed by atoms with van der Waals surface area (Å²) in [5, 5.41) is 0.593. The Kier molecular flexibility index (Phi) is 6.03. The van der Waals surface area contributed by atoms with Crippen LogP contribution in [0, 0.1) is 13.8 Å². The van der Waals surface area contributed by atoms with Gasteiger partial charge in [-0.15, -0.1) is 0 Å². The fraction of sp³-hybridized carbons (Fsp3) is 0.176. The van der Waals surface area contributed by atoms with Gasteiger partial charge in [0, 0.05) is 11.1 Å². The largest absolute Gasteiger partial charge is 0.483 e.